The average Bonchev–Trinajstić information content (AvgIpc) is 2.83. The standard InChI is InChI=1S/C14H16N4/c1-2-3-4-5-9-18-11-16-10-13(18)12-7-6-8-17-14(12)15/h1,6-8,10-11H,3-5,9H2,(H2,15,17). The molecule has 0 aliphatic carbocycles. The summed E-state index contributed by atoms with van der Waals surface area (Å²) < 4.78 is 2.09. The minimum atomic E-state index is 0.530. The summed E-state index contributed by atoms with van der Waals surface area (Å²) in [5.74, 6) is 3.18. The number of terminal acetylenes is 1. The fraction of sp³-hybridized carbons (Fsp3) is 0.286. The molecule has 0 atom stereocenters. The molecule has 0 amide bonds. The molecule has 92 valence electrons. The van der Waals surface area contributed by atoms with Crippen molar-refractivity contribution in [2.75, 3.05) is 5.73 Å². The number of hydrogen-bond acceptors (Lipinski definition) is 3. The Kier molecular flexibility index (Phi) is 3.98. The normalized spacial score (nSPS) is 10.2. The number of imidazole rings is 1. The van der Waals surface area contributed by atoms with Gasteiger partial charge < -0.3 is 10.3 Å². The second-order valence-corrected chi connectivity index (χ2v) is 4.07. The molecule has 2 aromatic rings. The Bertz CT molecular complexity index is 551. The van der Waals surface area contributed by atoms with Gasteiger partial charge in [0.2, 0.25) is 0 Å². The minimum absolute atomic E-state index is 0.530. The fourth-order valence-corrected chi connectivity index (χ4v) is 1.87. The van der Waals surface area contributed by atoms with E-state index in [-0.39, 0.29) is 0 Å². The topological polar surface area (TPSA) is 56.7 Å². The molecular formula is C14H16N4. The molecule has 0 fully saturated rings. The van der Waals surface area contributed by atoms with E-state index in [9.17, 15) is 0 Å². The summed E-state index contributed by atoms with van der Waals surface area (Å²) in [6, 6.07) is 3.83. The summed E-state index contributed by atoms with van der Waals surface area (Å²) in [6.07, 6.45) is 13.4. The van der Waals surface area contributed by atoms with Crippen molar-refractivity contribution in [1.29, 1.82) is 0 Å². The van der Waals surface area contributed by atoms with Gasteiger partial charge in [0.05, 0.1) is 18.2 Å². The zero-order valence-electron chi connectivity index (χ0n) is 10.2. The number of nitrogens with two attached hydrogens (primary N) is 1. The van der Waals surface area contributed by atoms with Gasteiger partial charge in [-0.25, -0.2) is 9.97 Å². The van der Waals surface area contributed by atoms with Crippen LogP contribution in [-0.4, -0.2) is 14.5 Å². The lowest BCUT2D eigenvalue weighted by Crippen LogP contribution is -2.01. The smallest absolute Gasteiger partial charge is 0.132 e. The van der Waals surface area contributed by atoms with Crippen molar-refractivity contribution in [3.63, 3.8) is 0 Å². The predicted molar refractivity (Wildman–Crippen MR) is 72.6 cm³/mol. The van der Waals surface area contributed by atoms with Gasteiger partial charge in [-0.3, -0.25) is 0 Å². The third-order valence-electron chi connectivity index (χ3n) is 2.80. The highest BCUT2D eigenvalue weighted by Crippen LogP contribution is 2.23. The van der Waals surface area contributed by atoms with Gasteiger partial charge in [0.25, 0.3) is 0 Å². The highest BCUT2D eigenvalue weighted by molar-refractivity contribution is 5.70. The lowest BCUT2D eigenvalue weighted by molar-refractivity contribution is 0.621. The molecule has 0 saturated heterocycles. The molecule has 2 rings (SSSR count). The van der Waals surface area contributed by atoms with Crippen LogP contribution in [0.3, 0.4) is 0 Å². The van der Waals surface area contributed by atoms with Crippen molar-refractivity contribution in [1.82, 2.24) is 14.5 Å². The van der Waals surface area contributed by atoms with Crippen molar-refractivity contribution < 1.29 is 0 Å². The molecule has 0 bridgehead atoms. The number of rotatable bonds is 5. The second-order valence-electron chi connectivity index (χ2n) is 4.07. The van der Waals surface area contributed by atoms with Crippen LogP contribution in [0.25, 0.3) is 11.3 Å². The van der Waals surface area contributed by atoms with Crippen molar-refractivity contribution in [3.05, 3.63) is 30.9 Å². The molecule has 2 N–H and O–H groups in total. The van der Waals surface area contributed by atoms with E-state index in [1.54, 1.807) is 6.20 Å². The van der Waals surface area contributed by atoms with Crippen LogP contribution in [0.4, 0.5) is 5.82 Å². The van der Waals surface area contributed by atoms with E-state index in [4.69, 9.17) is 12.2 Å². The number of hydrogen-bond donors (Lipinski definition) is 1. The molecule has 0 saturated carbocycles. The summed E-state index contributed by atoms with van der Waals surface area (Å²) in [4.78, 5) is 8.27. The molecule has 0 aliphatic rings. The third kappa shape index (κ3) is 2.69. The summed E-state index contributed by atoms with van der Waals surface area (Å²) in [5.41, 5.74) is 7.80. The highest BCUT2D eigenvalue weighted by atomic mass is 15.0. The number of nitrogen functional groups attached to an aromatic ring is 1. The molecule has 0 spiro atoms. The van der Waals surface area contributed by atoms with Crippen LogP contribution in [-0.2, 0) is 6.54 Å². The first-order valence-corrected chi connectivity index (χ1v) is 5.97. The Balaban J connectivity index is 2.13. The number of nitrogens with zero attached hydrogens (tertiary/aromatic N) is 3. The molecule has 4 heteroatoms. The van der Waals surface area contributed by atoms with Gasteiger partial charge in [-0.15, -0.1) is 12.3 Å². The third-order valence-corrected chi connectivity index (χ3v) is 2.80. The zero-order chi connectivity index (χ0) is 12.8. The molecule has 2 heterocycles. The van der Waals surface area contributed by atoms with Crippen molar-refractivity contribution in [2.24, 2.45) is 0 Å². The molecule has 18 heavy (non-hydrogen) atoms. The Morgan fingerprint density at radius 1 is 1.39 bits per heavy atom. The van der Waals surface area contributed by atoms with Gasteiger partial charge in [-0.05, 0) is 25.0 Å². The maximum atomic E-state index is 5.88. The van der Waals surface area contributed by atoms with Crippen LogP contribution in [0.15, 0.2) is 30.9 Å². The van der Waals surface area contributed by atoms with E-state index in [0.29, 0.717) is 5.82 Å². The molecule has 0 unspecified atom stereocenters. The molecule has 0 aliphatic heterocycles. The van der Waals surface area contributed by atoms with Gasteiger partial charge >= 0.3 is 0 Å². The Morgan fingerprint density at radius 2 is 2.28 bits per heavy atom. The van der Waals surface area contributed by atoms with Gasteiger partial charge in [0.15, 0.2) is 0 Å². The Morgan fingerprint density at radius 3 is 3.06 bits per heavy atom. The van der Waals surface area contributed by atoms with Crippen LogP contribution in [0.5, 0.6) is 0 Å². The lowest BCUT2D eigenvalue weighted by Gasteiger charge is -2.08. The Labute approximate surface area is 107 Å². The maximum absolute atomic E-state index is 5.88. The fourth-order valence-electron chi connectivity index (χ4n) is 1.87. The number of anilines is 1. The van der Waals surface area contributed by atoms with Gasteiger partial charge in [-0.2, -0.15) is 0 Å². The number of aryl methyl sites for hydroxylation is 1. The van der Waals surface area contributed by atoms with E-state index in [2.05, 4.69) is 20.5 Å². The highest BCUT2D eigenvalue weighted by Gasteiger charge is 2.08. The van der Waals surface area contributed by atoms with Crippen LogP contribution in [0.2, 0.25) is 0 Å². The first kappa shape index (κ1) is 12.2. The van der Waals surface area contributed by atoms with Crippen molar-refractivity contribution >= 4 is 5.82 Å². The van der Waals surface area contributed by atoms with Crippen LogP contribution < -0.4 is 5.73 Å². The van der Waals surface area contributed by atoms with Crippen molar-refractivity contribution in [3.8, 4) is 23.6 Å². The number of unbranched alkanes of at least 4 members (excludes halogenated alkanes) is 2. The molecule has 4 nitrogen and oxygen atoms in total. The first-order valence-electron chi connectivity index (χ1n) is 5.97. The number of aromatic nitrogens is 3. The molecular weight excluding hydrogens is 224 g/mol. The predicted octanol–water partition coefficient (Wildman–Crippen LogP) is 2.33. The largest absolute Gasteiger partial charge is 0.383 e. The van der Waals surface area contributed by atoms with E-state index < -0.39 is 0 Å². The summed E-state index contributed by atoms with van der Waals surface area (Å²) in [7, 11) is 0. The van der Waals surface area contributed by atoms with E-state index >= 15 is 0 Å². The van der Waals surface area contributed by atoms with E-state index in [1.807, 2.05) is 24.7 Å². The van der Waals surface area contributed by atoms with Crippen LogP contribution in [0, 0.1) is 12.3 Å². The second kappa shape index (κ2) is 5.87. The molecule has 0 radical (unpaired) electrons. The average molecular weight is 240 g/mol. The summed E-state index contributed by atoms with van der Waals surface area (Å²) in [6.45, 7) is 0.894. The van der Waals surface area contributed by atoms with Gasteiger partial charge in [0.1, 0.15) is 5.82 Å². The maximum Gasteiger partial charge on any atom is 0.132 e. The zero-order valence-corrected chi connectivity index (χ0v) is 10.2. The van der Waals surface area contributed by atoms with Crippen molar-refractivity contribution in [2.45, 2.75) is 25.8 Å². The van der Waals surface area contributed by atoms with E-state index in [0.717, 1.165) is 37.1 Å². The van der Waals surface area contributed by atoms with Gasteiger partial charge in [-0.1, -0.05) is 0 Å². The molecule has 0 aromatic carbocycles. The SMILES string of the molecule is C#CCCCCn1cncc1-c1cccnc1N. The van der Waals surface area contributed by atoms with Crippen LogP contribution >= 0.6 is 0 Å². The van der Waals surface area contributed by atoms with Crippen LogP contribution in [0.1, 0.15) is 19.3 Å². The lowest BCUT2D eigenvalue weighted by atomic mass is 10.2. The van der Waals surface area contributed by atoms with E-state index in [1.165, 1.54) is 0 Å². The minimum Gasteiger partial charge on any atom is -0.383 e. The summed E-state index contributed by atoms with van der Waals surface area (Å²) >= 11 is 0. The summed E-state index contributed by atoms with van der Waals surface area (Å²) in [5, 5.41) is 0. The quantitative estimate of drug-likeness (QED) is 0.644. The first-order chi connectivity index (χ1) is 8.83. The monoisotopic (exact) mass is 240 g/mol. The number of pyridine rings is 1. The van der Waals surface area contributed by atoms with Gasteiger partial charge in [0, 0.05) is 24.7 Å². The Hall–Kier alpha value is -2.28. The molecule has 2 aromatic heterocycles.